The predicted octanol–water partition coefficient (Wildman–Crippen LogP) is 1.81. The molecular weight excluding hydrogens is 188 g/mol. The van der Waals surface area contributed by atoms with E-state index in [0.29, 0.717) is 12.0 Å². The zero-order valence-corrected chi connectivity index (χ0v) is 9.96. The van der Waals surface area contributed by atoms with Crippen molar-refractivity contribution in [2.24, 2.45) is 11.7 Å². The normalized spacial score (nSPS) is 28.5. The number of amides is 1. The fourth-order valence-corrected chi connectivity index (χ4v) is 2.26. The van der Waals surface area contributed by atoms with Crippen LogP contribution < -0.4 is 11.1 Å². The van der Waals surface area contributed by atoms with E-state index in [1.165, 1.54) is 19.3 Å². The van der Waals surface area contributed by atoms with Gasteiger partial charge in [-0.15, -0.1) is 0 Å². The average molecular weight is 212 g/mol. The molecule has 88 valence electrons. The molecule has 0 saturated heterocycles. The third-order valence-corrected chi connectivity index (χ3v) is 3.38. The molecule has 2 unspecified atom stereocenters. The van der Waals surface area contributed by atoms with E-state index in [-0.39, 0.29) is 11.9 Å². The van der Waals surface area contributed by atoms with Crippen LogP contribution in [-0.4, -0.2) is 18.0 Å². The molecule has 1 saturated carbocycles. The molecule has 0 radical (unpaired) electrons. The van der Waals surface area contributed by atoms with Gasteiger partial charge in [-0.1, -0.05) is 33.1 Å². The third-order valence-electron chi connectivity index (χ3n) is 3.38. The first-order chi connectivity index (χ1) is 7.15. The van der Waals surface area contributed by atoms with Crippen LogP contribution in [0.25, 0.3) is 0 Å². The summed E-state index contributed by atoms with van der Waals surface area (Å²) in [6.07, 6.45) is 6.63. The van der Waals surface area contributed by atoms with Crippen molar-refractivity contribution in [2.45, 2.75) is 64.5 Å². The van der Waals surface area contributed by atoms with Crippen LogP contribution in [-0.2, 0) is 4.79 Å². The fourth-order valence-electron chi connectivity index (χ4n) is 2.26. The minimum absolute atomic E-state index is 0.0376. The number of nitrogens with two attached hydrogens (primary N) is 1. The minimum atomic E-state index is -0.316. The summed E-state index contributed by atoms with van der Waals surface area (Å²) in [7, 11) is 0. The Morgan fingerprint density at radius 3 is 2.73 bits per heavy atom. The molecule has 0 aromatic carbocycles. The number of hydrogen-bond acceptors (Lipinski definition) is 2. The summed E-state index contributed by atoms with van der Waals surface area (Å²) < 4.78 is 0. The van der Waals surface area contributed by atoms with Crippen LogP contribution in [0, 0.1) is 5.92 Å². The predicted molar refractivity (Wildman–Crippen MR) is 62.4 cm³/mol. The Morgan fingerprint density at radius 1 is 1.47 bits per heavy atom. The molecule has 0 aromatic heterocycles. The van der Waals surface area contributed by atoms with Crippen LogP contribution in [0.4, 0.5) is 0 Å². The zero-order chi connectivity index (χ0) is 11.3. The summed E-state index contributed by atoms with van der Waals surface area (Å²) in [4.78, 5) is 11.7. The monoisotopic (exact) mass is 212 g/mol. The highest BCUT2D eigenvalue weighted by molar-refractivity contribution is 5.81. The van der Waals surface area contributed by atoms with E-state index in [2.05, 4.69) is 19.2 Å². The van der Waals surface area contributed by atoms with Crippen molar-refractivity contribution in [3.8, 4) is 0 Å². The molecule has 0 spiro atoms. The summed E-state index contributed by atoms with van der Waals surface area (Å²) in [5.74, 6) is 0.645. The van der Waals surface area contributed by atoms with Crippen LogP contribution in [0.1, 0.15) is 52.4 Å². The summed E-state index contributed by atoms with van der Waals surface area (Å²) >= 11 is 0. The molecule has 0 aromatic rings. The second kappa shape index (κ2) is 6.11. The van der Waals surface area contributed by atoms with Crippen molar-refractivity contribution in [3.05, 3.63) is 0 Å². The quantitative estimate of drug-likeness (QED) is 0.746. The molecule has 1 amide bonds. The molecular formula is C12H24N2O. The summed E-state index contributed by atoms with van der Waals surface area (Å²) in [5.41, 5.74) is 5.78. The largest absolute Gasteiger partial charge is 0.352 e. The standard InChI is InChI=1S/C12H24N2O/c1-3-6-10(13)12(15)14-11-8-5-4-7-9(11)2/h9-11H,3-8,13H2,1-2H3,(H,14,15)/t9?,10-,11?/m1/s1. The Kier molecular flexibility index (Phi) is 5.09. The number of rotatable bonds is 4. The molecule has 15 heavy (non-hydrogen) atoms. The van der Waals surface area contributed by atoms with Crippen molar-refractivity contribution in [2.75, 3.05) is 0 Å². The van der Waals surface area contributed by atoms with E-state index in [4.69, 9.17) is 5.73 Å². The maximum absolute atomic E-state index is 11.7. The van der Waals surface area contributed by atoms with Gasteiger partial charge in [0.1, 0.15) is 0 Å². The highest BCUT2D eigenvalue weighted by atomic mass is 16.2. The van der Waals surface area contributed by atoms with Crippen LogP contribution in [0.15, 0.2) is 0 Å². The van der Waals surface area contributed by atoms with E-state index in [0.717, 1.165) is 19.3 Å². The molecule has 3 atom stereocenters. The molecule has 0 aliphatic heterocycles. The van der Waals surface area contributed by atoms with Gasteiger partial charge in [0.05, 0.1) is 6.04 Å². The Morgan fingerprint density at radius 2 is 2.13 bits per heavy atom. The lowest BCUT2D eigenvalue weighted by molar-refractivity contribution is -0.123. The van der Waals surface area contributed by atoms with Crippen LogP contribution >= 0.6 is 0 Å². The highest BCUT2D eigenvalue weighted by Crippen LogP contribution is 2.23. The molecule has 0 bridgehead atoms. The van der Waals surface area contributed by atoms with Gasteiger partial charge in [0.2, 0.25) is 5.91 Å². The Bertz CT molecular complexity index is 206. The third kappa shape index (κ3) is 3.82. The van der Waals surface area contributed by atoms with Gasteiger partial charge in [0.25, 0.3) is 0 Å². The fraction of sp³-hybridized carbons (Fsp3) is 0.917. The van der Waals surface area contributed by atoms with Crippen molar-refractivity contribution in [1.82, 2.24) is 5.32 Å². The van der Waals surface area contributed by atoms with Gasteiger partial charge in [0, 0.05) is 6.04 Å². The molecule has 1 fully saturated rings. The molecule has 1 aliphatic carbocycles. The second-order valence-corrected chi connectivity index (χ2v) is 4.77. The highest BCUT2D eigenvalue weighted by Gasteiger charge is 2.24. The number of nitrogens with one attached hydrogen (secondary N) is 1. The van der Waals surface area contributed by atoms with Gasteiger partial charge >= 0.3 is 0 Å². The summed E-state index contributed by atoms with van der Waals surface area (Å²) in [5, 5.41) is 3.09. The summed E-state index contributed by atoms with van der Waals surface area (Å²) in [6.45, 7) is 4.27. The zero-order valence-electron chi connectivity index (χ0n) is 9.96. The first-order valence-corrected chi connectivity index (χ1v) is 6.21. The van der Waals surface area contributed by atoms with Crippen LogP contribution in [0.2, 0.25) is 0 Å². The van der Waals surface area contributed by atoms with Crippen molar-refractivity contribution in [1.29, 1.82) is 0 Å². The van der Waals surface area contributed by atoms with Crippen molar-refractivity contribution < 1.29 is 4.79 Å². The topological polar surface area (TPSA) is 55.1 Å². The van der Waals surface area contributed by atoms with Crippen LogP contribution in [0.3, 0.4) is 0 Å². The maximum Gasteiger partial charge on any atom is 0.237 e. The van der Waals surface area contributed by atoms with Crippen LogP contribution in [0.5, 0.6) is 0 Å². The Balaban J connectivity index is 2.35. The Labute approximate surface area is 92.8 Å². The van der Waals surface area contributed by atoms with Crippen molar-refractivity contribution in [3.63, 3.8) is 0 Å². The SMILES string of the molecule is CCC[C@@H](N)C(=O)NC1CCCCC1C. The number of hydrogen-bond donors (Lipinski definition) is 2. The lowest BCUT2D eigenvalue weighted by Gasteiger charge is -2.30. The van der Waals surface area contributed by atoms with E-state index < -0.39 is 0 Å². The lowest BCUT2D eigenvalue weighted by atomic mass is 9.86. The average Bonchev–Trinajstić information content (AvgIpc) is 2.21. The molecule has 1 rings (SSSR count). The molecule has 0 heterocycles. The van der Waals surface area contributed by atoms with Gasteiger partial charge < -0.3 is 11.1 Å². The second-order valence-electron chi connectivity index (χ2n) is 4.77. The Hall–Kier alpha value is -0.570. The molecule has 3 heteroatoms. The number of carbonyl (C=O) groups excluding carboxylic acids is 1. The first kappa shape index (κ1) is 12.5. The lowest BCUT2D eigenvalue weighted by Crippen LogP contribution is -2.48. The van der Waals surface area contributed by atoms with Gasteiger partial charge in [-0.2, -0.15) is 0 Å². The smallest absolute Gasteiger partial charge is 0.237 e. The molecule has 3 nitrogen and oxygen atoms in total. The maximum atomic E-state index is 11.7. The van der Waals surface area contributed by atoms with E-state index in [1.54, 1.807) is 0 Å². The molecule has 1 aliphatic rings. The van der Waals surface area contributed by atoms with Gasteiger partial charge in [0.15, 0.2) is 0 Å². The van der Waals surface area contributed by atoms with Gasteiger partial charge in [-0.3, -0.25) is 4.79 Å². The van der Waals surface area contributed by atoms with E-state index in [9.17, 15) is 4.79 Å². The van der Waals surface area contributed by atoms with Gasteiger partial charge in [-0.25, -0.2) is 0 Å². The van der Waals surface area contributed by atoms with E-state index >= 15 is 0 Å². The minimum Gasteiger partial charge on any atom is -0.352 e. The van der Waals surface area contributed by atoms with E-state index in [1.807, 2.05) is 0 Å². The van der Waals surface area contributed by atoms with Crippen molar-refractivity contribution >= 4 is 5.91 Å². The van der Waals surface area contributed by atoms with Gasteiger partial charge in [-0.05, 0) is 25.2 Å². The first-order valence-electron chi connectivity index (χ1n) is 6.21. The summed E-state index contributed by atoms with van der Waals surface area (Å²) in [6, 6.07) is 0.0401. The number of carbonyl (C=O) groups is 1. The molecule has 3 N–H and O–H groups in total.